The smallest absolute Gasteiger partial charge is 0.269 e. The summed E-state index contributed by atoms with van der Waals surface area (Å²) in [6, 6.07) is 21.7. The number of carbonyl (C=O) groups is 1. The van der Waals surface area contributed by atoms with Crippen molar-refractivity contribution < 1.29 is 13.2 Å². The molecular weight excluding hydrogens is 456 g/mol. The summed E-state index contributed by atoms with van der Waals surface area (Å²) in [5.41, 5.74) is 6.45. The van der Waals surface area contributed by atoms with Gasteiger partial charge in [-0.2, -0.15) is 0 Å². The number of nitrogens with one attached hydrogen (secondary N) is 4. The molecule has 0 aliphatic heterocycles. The molecular formula is C21H19ClN4O3S2. The lowest BCUT2D eigenvalue weighted by Crippen LogP contribution is -2.46. The van der Waals surface area contributed by atoms with Gasteiger partial charge >= 0.3 is 0 Å². The van der Waals surface area contributed by atoms with Crippen LogP contribution < -0.4 is 20.9 Å². The molecule has 0 saturated heterocycles. The van der Waals surface area contributed by atoms with Crippen LogP contribution in [0.1, 0.15) is 15.9 Å². The van der Waals surface area contributed by atoms with Crippen molar-refractivity contribution in [2.45, 2.75) is 11.4 Å². The number of hydrogen-bond donors (Lipinski definition) is 4. The summed E-state index contributed by atoms with van der Waals surface area (Å²) < 4.78 is 27.7. The Morgan fingerprint density at radius 3 is 2.35 bits per heavy atom. The highest BCUT2D eigenvalue weighted by atomic mass is 35.5. The zero-order valence-electron chi connectivity index (χ0n) is 16.1. The van der Waals surface area contributed by atoms with Crippen LogP contribution in [0.4, 0.5) is 5.69 Å². The van der Waals surface area contributed by atoms with E-state index >= 15 is 0 Å². The summed E-state index contributed by atoms with van der Waals surface area (Å²) in [4.78, 5) is 12.3. The zero-order chi connectivity index (χ0) is 22.3. The van der Waals surface area contributed by atoms with Gasteiger partial charge in [0.05, 0.1) is 15.6 Å². The van der Waals surface area contributed by atoms with E-state index in [0.717, 1.165) is 5.56 Å². The highest BCUT2D eigenvalue weighted by Crippen LogP contribution is 2.24. The molecule has 10 heteroatoms. The molecule has 4 N–H and O–H groups in total. The number of carbonyl (C=O) groups excluding carboxylic acids is 1. The van der Waals surface area contributed by atoms with E-state index in [1.807, 2.05) is 30.3 Å². The van der Waals surface area contributed by atoms with E-state index in [4.69, 9.17) is 23.8 Å². The lowest BCUT2D eigenvalue weighted by atomic mass is 10.2. The number of thiocarbonyl (C=S) groups is 1. The molecule has 0 atom stereocenters. The second kappa shape index (κ2) is 10.3. The molecule has 0 bridgehead atoms. The van der Waals surface area contributed by atoms with Crippen molar-refractivity contribution in [2.75, 3.05) is 4.72 Å². The van der Waals surface area contributed by atoms with Gasteiger partial charge in [-0.3, -0.25) is 20.4 Å². The van der Waals surface area contributed by atoms with Crippen molar-refractivity contribution in [1.82, 2.24) is 16.2 Å². The first kappa shape index (κ1) is 22.5. The average molecular weight is 475 g/mol. The molecule has 0 fully saturated rings. The van der Waals surface area contributed by atoms with Gasteiger partial charge in [0.1, 0.15) is 0 Å². The van der Waals surface area contributed by atoms with E-state index in [9.17, 15) is 13.2 Å². The van der Waals surface area contributed by atoms with Crippen LogP contribution in [0.5, 0.6) is 0 Å². The number of benzene rings is 3. The monoisotopic (exact) mass is 474 g/mol. The Hall–Kier alpha value is -3.14. The Labute approximate surface area is 190 Å². The first-order chi connectivity index (χ1) is 14.8. The fourth-order valence-electron chi connectivity index (χ4n) is 2.56. The van der Waals surface area contributed by atoms with Gasteiger partial charge in [-0.15, -0.1) is 0 Å². The lowest BCUT2D eigenvalue weighted by molar-refractivity contribution is 0.0943. The van der Waals surface area contributed by atoms with E-state index in [1.165, 1.54) is 24.3 Å². The van der Waals surface area contributed by atoms with Crippen LogP contribution in [0.2, 0.25) is 5.02 Å². The van der Waals surface area contributed by atoms with E-state index in [-0.39, 0.29) is 26.3 Å². The fourth-order valence-corrected chi connectivity index (χ4v) is 4.05. The van der Waals surface area contributed by atoms with Gasteiger partial charge in [0, 0.05) is 12.1 Å². The standard InChI is InChI=1S/C21H19ClN4O3S2/c22-18-11-4-5-12-19(18)26-31(28,29)17-10-6-9-16(13-17)20(27)24-25-21(30)23-14-15-7-2-1-3-8-15/h1-13,26H,14H2,(H,24,27)(H2,23,25,30). The molecule has 7 nitrogen and oxygen atoms in total. The molecule has 0 aliphatic rings. The third-order valence-electron chi connectivity index (χ3n) is 4.11. The van der Waals surface area contributed by atoms with Gasteiger partial charge in [-0.25, -0.2) is 8.42 Å². The summed E-state index contributed by atoms with van der Waals surface area (Å²) in [5, 5.41) is 3.45. The number of anilines is 1. The van der Waals surface area contributed by atoms with E-state index in [2.05, 4.69) is 20.9 Å². The van der Waals surface area contributed by atoms with Crippen LogP contribution >= 0.6 is 23.8 Å². The third kappa shape index (κ3) is 6.42. The number of rotatable bonds is 6. The van der Waals surface area contributed by atoms with Crippen molar-refractivity contribution >= 4 is 50.5 Å². The summed E-state index contributed by atoms with van der Waals surface area (Å²) in [6.07, 6.45) is 0. The van der Waals surface area contributed by atoms with Gasteiger partial charge < -0.3 is 5.32 Å². The number of halogens is 1. The molecule has 1 amide bonds. The second-order valence-electron chi connectivity index (χ2n) is 6.36. The molecule has 0 aliphatic carbocycles. The molecule has 3 rings (SSSR count). The number of amides is 1. The second-order valence-corrected chi connectivity index (χ2v) is 8.86. The largest absolute Gasteiger partial charge is 0.357 e. The minimum absolute atomic E-state index is 0.0788. The highest BCUT2D eigenvalue weighted by molar-refractivity contribution is 7.92. The van der Waals surface area contributed by atoms with Gasteiger partial charge in [0.2, 0.25) is 0 Å². The Morgan fingerprint density at radius 1 is 0.903 bits per heavy atom. The van der Waals surface area contributed by atoms with Crippen LogP contribution in [0, 0.1) is 0 Å². The van der Waals surface area contributed by atoms with Gasteiger partial charge in [0.15, 0.2) is 5.11 Å². The molecule has 31 heavy (non-hydrogen) atoms. The van der Waals surface area contributed by atoms with Crippen LogP contribution in [0.15, 0.2) is 83.8 Å². The van der Waals surface area contributed by atoms with Gasteiger partial charge in [-0.05, 0) is 48.1 Å². The van der Waals surface area contributed by atoms with Crippen LogP contribution in [-0.4, -0.2) is 19.4 Å². The normalized spacial score (nSPS) is 10.7. The number of hydrazine groups is 1. The number of sulfonamides is 1. The third-order valence-corrected chi connectivity index (χ3v) is 6.05. The van der Waals surface area contributed by atoms with Crippen LogP contribution in [0.25, 0.3) is 0 Å². The Bertz CT molecular complexity index is 1190. The maximum Gasteiger partial charge on any atom is 0.269 e. The summed E-state index contributed by atoms with van der Waals surface area (Å²) in [6.45, 7) is 0.490. The maximum absolute atomic E-state index is 12.7. The van der Waals surface area contributed by atoms with E-state index in [1.54, 1.807) is 24.3 Å². The van der Waals surface area contributed by atoms with Crippen molar-refractivity contribution in [3.8, 4) is 0 Å². The summed E-state index contributed by atoms with van der Waals surface area (Å²) in [7, 11) is -3.94. The quantitative estimate of drug-likeness (QED) is 0.322. The molecule has 0 unspecified atom stereocenters. The van der Waals surface area contributed by atoms with Crippen LogP contribution in [0.3, 0.4) is 0 Å². The van der Waals surface area contributed by atoms with Crippen LogP contribution in [-0.2, 0) is 16.6 Å². The fraction of sp³-hybridized carbons (Fsp3) is 0.0476. The first-order valence-corrected chi connectivity index (χ1v) is 11.4. The average Bonchev–Trinajstić information content (AvgIpc) is 2.78. The number of hydrogen-bond acceptors (Lipinski definition) is 4. The Balaban J connectivity index is 1.60. The minimum atomic E-state index is -3.94. The molecule has 3 aromatic rings. The predicted molar refractivity (Wildman–Crippen MR) is 125 cm³/mol. The van der Waals surface area contributed by atoms with Gasteiger partial charge in [0.25, 0.3) is 15.9 Å². The first-order valence-electron chi connectivity index (χ1n) is 9.11. The molecule has 0 heterocycles. The van der Waals surface area contributed by atoms with Crippen molar-refractivity contribution in [2.24, 2.45) is 0 Å². The molecule has 0 aromatic heterocycles. The predicted octanol–water partition coefficient (Wildman–Crippen LogP) is 3.45. The van der Waals surface area contributed by atoms with Crippen molar-refractivity contribution in [3.05, 3.63) is 95.0 Å². The molecule has 3 aromatic carbocycles. The Kier molecular flexibility index (Phi) is 7.45. The molecule has 160 valence electrons. The lowest BCUT2D eigenvalue weighted by Gasteiger charge is -2.13. The van der Waals surface area contributed by atoms with E-state index in [0.29, 0.717) is 6.54 Å². The molecule has 0 saturated carbocycles. The topological polar surface area (TPSA) is 99.3 Å². The maximum atomic E-state index is 12.7. The van der Waals surface area contributed by atoms with E-state index < -0.39 is 15.9 Å². The SMILES string of the molecule is O=C(NNC(=S)NCc1ccccc1)c1cccc(S(=O)(=O)Nc2ccccc2Cl)c1. The summed E-state index contributed by atoms with van der Waals surface area (Å²) >= 11 is 11.2. The minimum Gasteiger partial charge on any atom is -0.357 e. The number of para-hydroxylation sites is 1. The zero-order valence-corrected chi connectivity index (χ0v) is 18.5. The van der Waals surface area contributed by atoms with Gasteiger partial charge in [-0.1, -0.05) is 60.1 Å². The highest BCUT2D eigenvalue weighted by Gasteiger charge is 2.17. The van der Waals surface area contributed by atoms with Crippen molar-refractivity contribution in [3.63, 3.8) is 0 Å². The summed E-state index contributed by atoms with van der Waals surface area (Å²) in [5.74, 6) is -0.543. The molecule has 0 spiro atoms. The molecule has 0 radical (unpaired) electrons. The van der Waals surface area contributed by atoms with Crippen molar-refractivity contribution in [1.29, 1.82) is 0 Å². The Morgan fingerprint density at radius 2 is 1.61 bits per heavy atom.